The molecule has 0 spiro atoms. The maximum absolute atomic E-state index is 12.6. The van der Waals surface area contributed by atoms with Crippen molar-refractivity contribution in [1.29, 1.82) is 0 Å². The van der Waals surface area contributed by atoms with Crippen LogP contribution in [0.15, 0.2) is 30.4 Å². The first-order valence-corrected chi connectivity index (χ1v) is 10.5. The molecule has 4 N–H and O–H groups in total. The summed E-state index contributed by atoms with van der Waals surface area (Å²) >= 11 is 0. The van der Waals surface area contributed by atoms with Crippen LogP contribution in [0.5, 0.6) is 0 Å². The lowest BCUT2D eigenvalue weighted by atomic mass is 9.95. The lowest BCUT2D eigenvalue weighted by molar-refractivity contribution is -0.131. The number of carboxylic acids is 1. The number of carbonyl (C=O) groups is 2. The van der Waals surface area contributed by atoms with Gasteiger partial charge in [0.15, 0.2) is 0 Å². The largest absolute Gasteiger partial charge is 0.478 e. The van der Waals surface area contributed by atoms with Crippen LogP contribution in [0, 0.1) is 0 Å². The molecule has 6 heteroatoms. The number of hydrogen-bond donors (Lipinski definition) is 4. The molecular weight excluding hydrogens is 354 g/mol. The first kappa shape index (κ1) is 20.2. The van der Waals surface area contributed by atoms with Crippen molar-refractivity contribution < 1.29 is 14.7 Å². The van der Waals surface area contributed by atoms with Crippen LogP contribution in [0.1, 0.15) is 68.1 Å². The van der Waals surface area contributed by atoms with Gasteiger partial charge in [-0.3, -0.25) is 4.79 Å². The molecule has 1 aromatic carbocycles. The van der Waals surface area contributed by atoms with Crippen molar-refractivity contribution in [2.45, 2.75) is 69.9 Å². The van der Waals surface area contributed by atoms with Crippen molar-refractivity contribution >= 4 is 23.3 Å². The number of carbonyl (C=O) groups excluding carboxylic acids is 1. The topological polar surface area (TPSA) is 90.5 Å². The Labute approximate surface area is 166 Å². The average Bonchev–Trinajstić information content (AvgIpc) is 3.19. The standard InChI is InChI=1S/C22H31N3O3/c26-21(27)11-6-14-23-22(28)19-13-12-18(24-16-7-2-1-3-8-16)15-20(19)25-17-9-4-5-10-17/h6,11-13,15-17,24-25H,1-5,7-10,14H2,(H,23,28)(H,26,27)/b11-6+. The third kappa shape index (κ3) is 6.01. The number of benzene rings is 1. The highest BCUT2D eigenvalue weighted by Crippen LogP contribution is 2.28. The van der Waals surface area contributed by atoms with E-state index in [1.54, 1.807) is 0 Å². The number of rotatable bonds is 8. The van der Waals surface area contributed by atoms with Gasteiger partial charge in [-0.05, 0) is 43.9 Å². The zero-order valence-electron chi connectivity index (χ0n) is 16.4. The minimum Gasteiger partial charge on any atom is -0.478 e. The van der Waals surface area contributed by atoms with Crippen LogP contribution in [-0.2, 0) is 4.79 Å². The second kappa shape index (κ2) is 10.2. The minimum atomic E-state index is -1.02. The van der Waals surface area contributed by atoms with Crippen molar-refractivity contribution in [1.82, 2.24) is 5.32 Å². The van der Waals surface area contributed by atoms with Gasteiger partial charge in [0.25, 0.3) is 5.91 Å². The normalized spacial score (nSPS) is 18.3. The molecule has 2 aliphatic rings. The summed E-state index contributed by atoms with van der Waals surface area (Å²) in [5, 5.41) is 18.6. The summed E-state index contributed by atoms with van der Waals surface area (Å²) in [6.07, 6.45) is 13.4. The van der Waals surface area contributed by atoms with Gasteiger partial charge in [0, 0.05) is 36.1 Å². The quantitative estimate of drug-likeness (QED) is 0.505. The fourth-order valence-corrected chi connectivity index (χ4v) is 4.13. The summed E-state index contributed by atoms with van der Waals surface area (Å²) in [7, 11) is 0. The first-order valence-electron chi connectivity index (χ1n) is 10.5. The molecule has 152 valence electrons. The monoisotopic (exact) mass is 385 g/mol. The maximum Gasteiger partial charge on any atom is 0.328 e. The van der Waals surface area contributed by atoms with Crippen molar-refractivity contribution in [3.8, 4) is 0 Å². The Hall–Kier alpha value is -2.50. The molecule has 3 rings (SSSR count). The third-order valence-electron chi connectivity index (χ3n) is 5.60. The van der Waals surface area contributed by atoms with E-state index in [9.17, 15) is 9.59 Å². The average molecular weight is 386 g/mol. The molecule has 0 heterocycles. The Kier molecular flexibility index (Phi) is 7.34. The molecule has 0 bridgehead atoms. The first-order chi connectivity index (χ1) is 13.6. The fraction of sp³-hybridized carbons (Fsp3) is 0.545. The zero-order valence-corrected chi connectivity index (χ0v) is 16.4. The van der Waals surface area contributed by atoms with Gasteiger partial charge in [0.2, 0.25) is 0 Å². The number of aliphatic carboxylic acids is 1. The number of amides is 1. The van der Waals surface area contributed by atoms with Gasteiger partial charge in [-0.15, -0.1) is 0 Å². The van der Waals surface area contributed by atoms with Gasteiger partial charge >= 0.3 is 5.97 Å². The molecule has 0 radical (unpaired) electrons. The molecular formula is C22H31N3O3. The predicted molar refractivity (Wildman–Crippen MR) is 112 cm³/mol. The van der Waals surface area contributed by atoms with Gasteiger partial charge in [0.05, 0.1) is 5.56 Å². The van der Waals surface area contributed by atoms with E-state index < -0.39 is 5.97 Å². The van der Waals surface area contributed by atoms with E-state index in [4.69, 9.17) is 5.11 Å². The highest BCUT2D eigenvalue weighted by molar-refractivity contribution is 6.00. The van der Waals surface area contributed by atoms with Gasteiger partial charge in [0.1, 0.15) is 0 Å². The Morgan fingerprint density at radius 2 is 1.61 bits per heavy atom. The summed E-state index contributed by atoms with van der Waals surface area (Å²) in [4.78, 5) is 23.2. The summed E-state index contributed by atoms with van der Waals surface area (Å²) in [6, 6.07) is 6.79. The molecule has 6 nitrogen and oxygen atoms in total. The molecule has 2 fully saturated rings. The lowest BCUT2D eigenvalue weighted by Crippen LogP contribution is -2.26. The Bertz CT molecular complexity index is 705. The van der Waals surface area contributed by atoms with Gasteiger partial charge < -0.3 is 21.1 Å². The Morgan fingerprint density at radius 1 is 0.964 bits per heavy atom. The van der Waals surface area contributed by atoms with Crippen LogP contribution in [0.3, 0.4) is 0 Å². The molecule has 0 unspecified atom stereocenters. The van der Waals surface area contributed by atoms with Crippen molar-refractivity contribution in [3.05, 3.63) is 35.9 Å². The summed E-state index contributed by atoms with van der Waals surface area (Å²) in [6.45, 7) is 0.191. The Balaban J connectivity index is 1.71. The van der Waals surface area contributed by atoms with Crippen molar-refractivity contribution in [2.24, 2.45) is 0 Å². The van der Waals surface area contributed by atoms with Crippen molar-refractivity contribution in [2.75, 3.05) is 17.2 Å². The van der Waals surface area contributed by atoms with E-state index in [1.807, 2.05) is 12.1 Å². The number of hydrogen-bond acceptors (Lipinski definition) is 4. The number of carboxylic acid groups (broad SMARTS) is 1. The summed E-state index contributed by atoms with van der Waals surface area (Å²) in [5.74, 6) is -1.21. The highest BCUT2D eigenvalue weighted by Gasteiger charge is 2.19. The zero-order chi connectivity index (χ0) is 19.8. The Morgan fingerprint density at radius 3 is 2.29 bits per heavy atom. The van der Waals surface area contributed by atoms with Crippen LogP contribution >= 0.6 is 0 Å². The molecule has 0 aliphatic heterocycles. The van der Waals surface area contributed by atoms with Gasteiger partial charge in [-0.25, -0.2) is 4.79 Å². The van der Waals surface area contributed by atoms with E-state index in [0.717, 1.165) is 30.3 Å². The second-order valence-electron chi connectivity index (χ2n) is 7.82. The second-order valence-corrected chi connectivity index (χ2v) is 7.82. The molecule has 0 atom stereocenters. The molecule has 0 aromatic heterocycles. The van der Waals surface area contributed by atoms with Gasteiger partial charge in [-0.2, -0.15) is 0 Å². The van der Waals surface area contributed by atoms with Crippen LogP contribution in [-0.4, -0.2) is 35.6 Å². The van der Waals surface area contributed by atoms with Crippen LogP contribution in [0.25, 0.3) is 0 Å². The lowest BCUT2D eigenvalue weighted by Gasteiger charge is -2.25. The molecule has 2 aliphatic carbocycles. The number of anilines is 2. The van der Waals surface area contributed by atoms with E-state index in [-0.39, 0.29) is 12.5 Å². The third-order valence-corrected chi connectivity index (χ3v) is 5.60. The van der Waals surface area contributed by atoms with E-state index in [2.05, 4.69) is 22.0 Å². The van der Waals surface area contributed by atoms with E-state index >= 15 is 0 Å². The molecule has 2 saturated carbocycles. The molecule has 28 heavy (non-hydrogen) atoms. The SMILES string of the molecule is O=C(O)/C=C/CNC(=O)c1ccc(NC2CCCCC2)cc1NC1CCCC1. The summed E-state index contributed by atoms with van der Waals surface area (Å²) in [5.41, 5.74) is 2.51. The highest BCUT2D eigenvalue weighted by atomic mass is 16.4. The minimum absolute atomic E-state index is 0.191. The van der Waals surface area contributed by atoms with Crippen LogP contribution in [0.2, 0.25) is 0 Å². The molecule has 1 aromatic rings. The predicted octanol–water partition coefficient (Wildman–Crippen LogP) is 4.16. The molecule has 1 amide bonds. The number of nitrogens with one attached hydrogen (secondary N) is 3. The van der Waals surface area contributed by atoms with Crippen molar-refractivity contribution in [3.63, 3.8) is 0 Å². The maximum atomic E-state index is 12.6. The smallest absolute Gasteiger partial charge is 0.328 e. The van der Waals surface area contributed by atoms with E-state index in [1.165, 1.54) is 51.0 Å². The van der Waals surface area contributed by atoms with E-state index in [0.29, 0.717) is 17.6 Å². The van der Waals surface area contributed by atoms with Crippen LogP contribution < -0.4 is 16.0 Å². The molecule has 0 saturated heterocycles. The van der Waals surface area contributed by atoms with Gasteiger partial charge in [-0.1, -0.05) is 38.2 Å². The summed E-state index contributed by atoms with van der Waals surface area (Å²) < 4.78 is 0. The fourth-order valence-electron chi connectivity index (χ4n) is 4.13. The van der Waals surface area contributed by atoms with Crippen LogP contribution in [0.4, 0.5) is 11.4 Å².